The van der Waals surface area contributed by atoms with E-state index in [9.17, 15) is 9.59 Å². The second kappa shape index (κ2) is 8.93. The number of carbonyl (C=O) groups is 2. The molecular weight excluding hydrogens is 424 g/mol. The van der Waals surface area contributed by atoms with Gasteiger partial charge in [-0.3, -0.25) is 9.59 Å². The molecular formula is C21H20N2O5S2. The maximum Gasteiger partial charge on any atom is 0.326 e. The molecule has 7 nitrogen and oxygen atoms in total. The molecule has 1 aliphatic rings. The van der Waals surface area contributed by atoms with E-state index in [4.69, 9.17) is 14.2 Å². The molecule has 9 heteroatoms. The standard InChI is InChI=1S/C21H20N2O5S2/c1-3-26-19(24)11-23-14-9-15-16(28-12-27-15)10-18(14)30-21(23)22-20(25)13-7-5-6-8-17(13)29-4-2/h5-10H,3-4,11-12H2,1-2H3. The number of esters is 1. The number of amides is 1. The molecule has 0 saturated heterocycles. The Labute approximate surface area is 181 Å². The van der Waals surface area contributed by atoms with Gasteiger partial charge in [0, 0.05) is 17.0 Å². The van der Waals surface area contributed by atoms with Gasteiger partial charge in [-0.05, 0) is 24.8 Å². The minimum Gasteiger partial charge on any atom is -0.465 e. The Morgan fingerprint density at radius 3 is 2.73 bits per heavy atom. The van der Waals surface area contributed by atoms with Gasteiger partial charge in [-0.2, -0.15) is 4.99 Å². The zero-order chi connectivity index (χ0) is 21.1. The fraction of sp³-hybridized carbons (Fsp3) is 0.286. The molecule has 0 atom stereocenters. The summed E-state index contributed by atoms with van der Waals surface area (Å²) in [6.07, 6.45) is 0. The lowest BCUT2D eigenvalue weighted by atomic mass is 10.2. The number of thiazole rings is 1. The Morgan fingerprint density at radius 1 is 1.20 bits per heavy atom. The van der Waals surface area contributed by atoms with Crippen LogP contribution in [0.4, 0.5) is 0 Å². The average molecular weight is 445 g/mol. The van der Waals surface area contributed by atoms with Gasteiger partial charge in [-0.25, -0.2) is 0 Å². The highest BCUT2D eigenvalue weighted by molar-refractivity contribution is 7.99. The summed E-state index contributed by atoms with van der Waals surface area (Å²) in [5.74, 6) is 1.33. The van der Waals surface area contributed by atoms with Gasteiger partial charge in [-0.15, -0.1) is 11.8 Å². The van der Waals surface area contributed by atoms with E-state index in [0.717, 1.165) is 20.9 Å². The molecule has 0 spiro atoms. The number of hydrogen-bond donors (Lipinski definition) is 0. The largest absolute Gasteiger partial charge is 0.465 e. The van der Waals surface area contributed by atoms with Crippen LogP contribution >= 0.6 is 23.1 Å². The first kappa shape index (κ1) is 20.5. The van der Waals surface area contributed by atoms with Crippen LogP contribution in [-0.4, -0.2) is 35.6 Å². The fourth-order valence-corrected chi connectivity index (χ4v) is 4.94. The van der Waals surface area contributed by atoms with Gasteiger partial charge in [0.2, 0.25) is 6.79 Å². The van der Waals surface area contributed by atoms with Crippen LogP contribution in [0.3, 0.4) is 0 Å². The first-order valence-electron chi connectivity index (χ1n) is 9.50. The second-order valence-corrected chi connectivity index (χ2v) is 8.61. The first-order chi connectivity index (χ1) is 14.6. The highest BCUT2D eigenvalue weighted by Crippen LogP contribution is 2.37. The molecule has 2 aromatic carbocycles. The highest BCUT2D eigenvalue weighted by atomic mass is 32.2. The number of nitrogens with zero attached hydrogens (tertiary/aromatic N) is 2. The molecule has 1 aromatic heterocycles. The van der Waals surface area contributed by atoms with Gasteiger partial charge in [0.1, 0.15) is 6.54 Å². The number of benzene rings is 2. The lowest BCUT2D eigenvalue weighted by molar-refractivity contribution is -0.143. The first-order valence-corrected chi connectivity index (χ1v) is 11.3. The molecule has 0 N–H and O–H groups in total. The van der Waals surface area contributed by atoms with Crippen molar-refractivity contribution in [1.29, 1.82) is 0 Å². The molecule has 0 unspecified atom stereocenters. The minimum atomic E-state index is -0.397. The summed E-state index contributed by atoms with van der Waals surface area (Å²) >= 11 is 2.91. The van der Waals surface area contributed by atoms with Gasteiger partial charge in [0.25, 0.3) is 5.91 Å². The minimum absolute atomic E-state index is 0.0506. The molecule has 4 rings (SSSR count). The fourth-order valence-electron chi connectivity index (χ4n) is 3.11. The van der Waals surface area contributed by atoms with Crippen molar-refractivity contribution in [1.82, 2.24) is 4.57 Å². The van der Waals surface area contributed by atoms with Crippen LogP contribution in [0.25, 0.3) is 10.2 Å². The van der Waals surface area contributed by atoms with Crippen molar-refractivity contribution in [3.05, 3.63) is 46.8 Å². The van der Waals surface area contributed by atoms with Crippen molar-refractivity contribution in [3.8, 4) is 11.5 Å². The van der Waals surface area contributed by atoms with Gasteiger partial charge < -0.3 is 18.8 Å². The predicted octanol–water partition coefficient (Wildman–Crippen LogP) is 3.85. The van der Waals surface area contributed by atoms with Gasteiger partial charge >= 0.3 is 5.97 Å². The number of fused-ring (bicyclic) bond motifs is 2. The quantitative estimate of drug-likeness (QED) is 0.425. The average Bonchev–Trinajstić information content (AvgIpc) is 3.31. The zero-order valence-corrected chi connectivity index (χ0v) is 18.2. The van der Waals surface area contributed by atoms with Crippen molar-refractivity contribution in [2.45, 2.75) is 25.3 Å². The second-order valence-electron chi connectivity index (χ2n) is 6.30. The summed E-state index contributed by atoms with van der Waals surface area (Å²) in [7, 11) is 0. The van der Waals surface area contributed by atoms with Crippen molar-refractivity contribution in [2.75, 3.05) is 19.2 Å². The summed E-state index contributed by atoms with van der Waals surface area (Å²) < 4.78 is 18.6. The van der Waals surface area contributed by atoms with Crippen LogP contribution in [0.1, 0.15) is 24.2 Å². The third-order valence-corrected chi connectivity index (χ3v) is 6.38. The van der Waals surface area contributed by atoms with Crippen molar-refractivity contribution in [2.24, 2.45) is 4.99 Å². The van der Waals surface area contributed by atoms with E-state index in [-0.39, 0.29) is 25.9 Å². The van der Waals surface area contributed by atoms with E-state index < -0.39 is 5.97 Å². The summed E-state index contributed by atoms with van der Waals surface area (Å²) in [4.78, 5) is 30.9. The molecule has 0 fully saturated rings. The maximum atomic E-state index is 13.0. The molecule has 1 aliphatic heterocycles. The smallest absolute Gasteiger partial charge is 0.326 e. The van der Waals surface area contributed by atoms with Crippen molar-refractivity contribution in [3.63, 3.8) is 0 Å². The molecule has 0 radical (unpaired) electrons. The SMILES string of the molecule is CCOC(=O)Cn1c(=NC(=O)c2ccccc2SCC)sc2cc3c(cc21)OCO3. The number of thioether (sulfide) groups is 1. The van der Waals surface area contributed by atoms with Crippen molar-refractivity contribution >= 4 is 45.2 Å². The van der Waals surface area contributed by atoms with E-state index in [1.807, 2.05) is 31.2 Å². The Hall–Kier alpha value is -2.78. The molecule has 0 bridgehead atoms. The Morgan fingerprint density at radius 2 is 1.97 bits per heavy atom. The lowest BCUT2D eigenvalue weighted by Crippen LogP contribution is -2.23. The molecule has 0 saturated carbocycles. The summed E-state index contributed by atoms with van der Waals surface area (Å²) in [6.45, 7) is 4.17. The van der Waals surface area contributed by atoms with Gasteiger partial charge in [0.05, 0.1) is 22.4 Å². The summed E-state index contributed by atoms with van der Waals surface area (Å²) in [6, 6.07) is 11.0. The molecule has 2 heterocycles. The third-order valence-electron chi connectivity index (χ3n) is 4.38. The van der Waals surface area contributed by atoms with Gasteiger partial charge in [-0.1, -0.05) is 30.4 Å². The normalized spacial score (nSPS) is 13.1. The molecule has 30 heavy (non-hydrogen) atoms. The van der Waals surface area contributed by atoms with Crippen LogP contribution in [0.5, 0.6) is 11.5 Å². The van der Waals surface area contributed by atoms with Crippen molar-refractivity contribution < 1.29 is 23.8 Å². The van der Waals surface area contributed by atoms with Crippen LogP contribution < -0.4 is 14.3 Å². The molecule has 156 valence electrons. The molecule has 3 aromatic rings. The van der Waals surface area contributed by atoms with E-state index in [1.54, 1.807) is 35.4 Å². The van der Waals surface area contributed by atoms with E-state index >= 15 is 0 Å². The highest BCUT2D eigenvalue weighted by Gasteiger charge is 2.20. The molecule has 1 amide bonds. The molecule has 0 aliphatic carbocycles. The predicted molar refractivity (Wildman–Crippen MR) is 115 cm³/mol. The zero-order valence-electron chi connectivity index (χ0n) is 16.5. The lowest BCUT2D eigenvalue weighted by Gasteiger charge is -2.06. The number of ether oxygens (including phenoxy) is 3. The number of rotatable bonds is 6. The number of hydrogen-bond acceptors (Lipinski definition) is 7. The number of aromatic nitrogens is 1. The summed E-state index contributed by atoms with van der Waals surface area (Å²) in [5, 5.41) is 0. The number of carbonyl (C=O) groups excluding carboxylic acids is 2. The van der Waals surface area contributed by atoms with Crippen LogP contribution in [0.2, 0.25) is 0 Å². The Bertz CT molecular complexity index is 1180. The third kappa shape index (κ3) is 4.08. The van der Waals surface area contributed by atoms with Crippen LogP contribution in [0.15, 0.2) is 46.3 Å². The van der Waals surface area contributed by atoms with Crippen LogP contribution in [-0.2, 0) is 16.1 Å². The Balaban J connectivity index is 1.83. The topological polar surface area (TPSA) is 79.1 Å². The van der Waals surface area contributed by atoms with Gasteiger partial charge in [0.15, 0.2) is 16.3 Å². The van der Waals surface area contributed by atoms with E-state index in [0.29, 0.717) is 21.9 Å². The van der Waals surface area contributed by atoms with E-state index in [1.165, 1.54) is 11.3 Å². The monoisotopic (exact) mass is 444 g/mol. The maximum absolute atomic E-state index is 13.0. The Kier molecular flexibility index (Phi) is 6.10. The van der Waals surface area contributed by atoms with E-state index in [2.05, 4.69) is 4.99 Å². The summed E-state index contributed by atoms with van der Waals surface area (Å²) in [5.41, 5.74) is 1.28. The van der Waals surface area contributed by atoms with Crippen LogP contribution in [0, 0.1) is 0 Å².